The first-order chi connectivity index (χ1) is 10.5. The van der Waals surface area contributed by atoms with Crippen LogP contribution in [0.5, 0.6) is 0 Å². The molecule has 0 amide bonds. The van der Waals surface area contributed by atoms with E-state index in [9.17, 15) is 8.42 Å². The third-order valence-corrected chi connectivity index (χ3v) is 6.57. The molecule has 3 nitrogen and oxygen atoms in total. The van der Waals surface area contributed by atoms with Gasteiger partial charge in [0.15, 0.2) is 0 Å². The topological polar surface area (TPSA) is 37.4 Å². The SMILES string of the molecule is CCC1CCCCN1S(=O)(=O)c1ccc2cc(C)ccc2c1. The van der Waals surface area contributed by atoms with Crippen molar-refractivity contribution in [3.63, 3.8) is 0 Å². The lowest BCUT2D eigenvalue weighted by atomic mass is 10.0. The van der Waals surface area contributed by atoms with Crippen molar-refractivity contribution in [1.82, 2.24) is 4.31 Å². The Labute approximate surface area is 133 Å². The first-order valence-electron chi connectivity index (χ1n) is 8.04. The normalized spacial score (nSPS) is 20.4. The standard InChI is InChI=1S/C18H23NO2S/c1-3-17-6-4-5-11-19(17)22(20,21)18-10-9-15-12-14(2)7-8-16(15)13-18/h7-10,12-13,17H,3-6,11H2,1-2H3. The fourth-order valence-corrected chi connectivity index (χ4v) is 5.14. The first kappa shape index (κ1) is 15.5. The van der Waals surface area contributed by atoms with Crippen LogP contribution in [0.25, 0.3) is 10.8 Å². The summed E-state index contributed by atoms with van der Waals surface area (Å²) in [5.74, 6) is 0. The molecule has 1 atom stereocenters. The highest BCUT2D eigenvalue weighted by molar-refractivity contribution is 7.89. The molecule has 0 spiro atoms. The molecule has 0 bridgehead atoms. The molecule has 1 aliphatic heterocycles. The molecule has 1 aliphatic rings. The number of nitrogens with zero attached hydrogens (tertiary/aromatic N) is 1. The molecule has 22 heavy (non-hydrogen) atoms. The predicted octanol–water partition coefficient (Wildman–Crippen LogP) is 4.10. The molecule has 1 saturated heterocycles. The van der Waals surface area contributed by atoms with Gasteiger partial charge in [0.05, 0.1) is 4.90 Å². The van der Waals surface area contributed by atoms with Gasteiger partial charge in [-0.1, -0.05) is 43.2 Å². The molecule has 118 valence electrons. The van der Waals surface area contributed by atoms with Gasteiger partial charge in [0.2, 0.25) is 10.0 Å². The van der Waals surface area contributed by atoms with Crippen LogP contribution in [-0.2, 0) is 10.0 Å². The quantitative estimate of drug-likeness (QED) is 0.854. The van der Waals surface area contributed by atoms with Crippen LogP contribution in [0.4, 0.5) is 0 Å². The van der Waals surface area contributed by atoms with Crippen molar-refractivity contribution in [2.75, 3.05) is 6.54 Å². The molecule has 1 unspecified atom stereocenters. The molecule has 3 rings (SSSR count). The van der Waals surface area contributed by atoms with Gasteiger partial charge in [0, 0.05) is 12.6 Å². The predicted molar refractivity (Wildman–Crippen MR) is 90.5 cm³/mol. The Morgan fingerprint density at radius 2 is 1.82 bits per heavy atom. The second kappa shape index (κ2) is 6.01. The molecule has 1 heterocycles. The number of sulfonamides is 1. The summed E-state index contributed by atoms with van der Waals surface area (Å²) in [6, 6.07) is 11.7. The van der Waals surface area contributed by atoms with Crippen LogP contribution in [0, 0.1) is 6.92 Å². The molecule has 1 fully saturated rings. The molecule has 0 aliphatic carbocycles. The highest BCUT2D eigenvalue weighted by atomic mass is 32.2. The van der Waals surface area contributed by atoms with Crippen molar-refractivity contribution in [2.45, 2.75) is 50.5 Å². The van der Waals surface area contributed by atoms with Gasteiger partial charge in [-0.2, -0.15) is 4.31 Å². The van der Waals surface area contributed by atoms with Gasteiger partial charge in [0.25, 0.3) is 0 Å². The fraction of sp³-hybridized carbons (Fsp3) is 0.444. The zero-order valence-electron chi connectivity index (χ0n) is 13.2. The number of fused-ring (bicyclic) bond motifs is 1. The second-order valence-corrected chi connectivity index (χ2v) is 8.08. The van der Waals surface area contributed by atoms with Crippen LogP contribution < -0.4 is 0 Å². The third-order valence-electron chi connectivity index (χ3n) is 4.62. The maximum atomic E-state index is 13.0. The Kier molecular flexibility index (Phi) is 4.24. The van der Waals surface area contributed by atoms with Gasteiger partial charge >= 0.3 is 0 Å². The number of hydrogen-bond acceptors (Lipinski definition) is 2. The van der Waals surface area contributed by atoms with Crippen LogP contribution in [0.1, 0.15) is 38.2 Å². The lowest BCUT2D eigenvalue weighted by molar-refractivity contribution is 0.246. The maximum absolute atomic E-state index is 13.0. The summed E-state index contributed by atoms with van der Waals surface area (Å²) in [5, 5.41) is 2.07. The van der Waals surface area contributed by atoms with E-state index in [1.165, 1.54) is 5.56 Å². The number of piperidine rings is 1. The van der Waals surface area contributed by atoms with Gasteiger partial charge in [-0.15, -0.1) is 0 Å². The van der Waals surface area contributed by atoms with E-state index in [0.717, 1.165) is 36.5 Å². The van der Waals surface area contributed by atoms with E-state index >= 15 is 0 Å². The number of rotatable bonds is 3. The Balaban J connectivity index is 2.02. The van der Waals surface area contributed by atoms with E-state index in [4.69, 9.17) is 0 Å². The number of hydrogen-bond donors (Lipinski definition) is 0. The molecule has 0 N–H and O–H groups in total. The van der Waals surface area contributed by atoms with Crippen molar-refractivity contribution in [1.29, 1.82) is 0 Å². The Bertz CT molecular complexity index is 783. The summed E-state index contributed by atoms with van der Waals surface area (Å²) in [7, 11) is -3.39. The molecule has 4 heteroatoms. The van der Waals surface area contributed by atoms with Gasteiger partial charge in [-0.05, 0) is 49.1 Å². The molecule has 0 radical (unpaired) electrons. The van der Waals surface area contributed by atoms with Crippen LogP contribution >= 0.6 is 0 Å². The average molecular weight is 317 g/mol. The molecule has 2 aromatic rings. The van der Waals surface area contributed by atoms with E-state index in [-0.39, 0.29) is 6.04 Å². The monoisotopic (exact) mass is 317 g/mol. The van der Waals surface area contributed by atoms with Crippen molar-refractivity contribution in [2.24, 2.45) is 0 Å². The largest absolute Gasteiger partial charge is 0.243 e. The minimum Gasteiger partial charge on any atom is -0.207 e. The Morgan fingerprint density at radius 1 is 1.09 bits per heavy atom. The van der Waals surface area contributed by atoms with Gasteiger partial charge in [-0.3, -0.25) is 0 Å². The number of benzene rings is 2. The molecular weight excluding hydrogens is 294 g/mol. The minimum absolute atomic E-state index is 0.146. The van der Waals surface area contributed by atoms with Crippen LogP contribution in [0.2, 0.25) is 0 Å². The van der Waals surface area contributed by atoms with E-state index in [1.807, 2.05) is 31.2 Å². The van der Waals surface area contributed by atoms with E-state index in [1.54, 1.807) is 10.4 Å². The number of aryl methyl sites for hydroxylation is 1. The van der Waals surface area contributed by atoms with Crippen molar-refractivity contribution >= 4 is 20.8 Å². The minimum atomic E-state index is -3.39. The summed E-state index contributed by atoms with van der Waals surface area (Å²) in [5.41, 5.74) is 1.19. The lowest BCUT2D eigenvalue weighted by Gasteiger charge is -2.34. The summed E-state index contributed by atoms with van der Waals surface area (Å²) in [4.78, 5) is 0.421. The highest BCUT2D eigenvalue weighted by Gasteiger charge is 2.32. The van der Waals surface area contributed by atoms with Gasteiger partial charge in [0.1, 0.15) is 0 Å². The van der Waals surface area contributed by atoms with Crippen molar-refractivity contribution < 1.29 is 8.42 Å². The Hall–Kier alpha value is -1.39. The summed E-state index contributed by atoms with van der Waals surface area (Å²) in [6.07, 6.45) is 3.94. The zero-order valence-corrected chi connectivity index (χ0v) is 14.1. The first-order valence-corrected chi connectivity index (χ1v) is 9.48. The van der Waals surface area contributed by atoms with Crippen LogP contribution in [0.3, 0.4) is 0 Å². The zero-order chi connectivity index (χ0) is 15.7. The van der Waals surface area contributed by atoms with Crippen LogP contribution in [0.15, 0.2) is 41.3 Å². The average Bonchev–Trinajstić information content (AvgIpc) is 2.54. The molecule has 0 aromatic heterocycles. The fourth-order valence-electron chi connectivity index (χ4n) is 3.34. The van der Waals surface area contributed by atoms with Crippen molar-refractivity contribution in [3.8, 4) is 0 Å². The Morgan fingerprint density at radius 3 is 2.59 bits per heavy atom. The van der Waals surface area contributed by atoms with Crippen molar-refractivity contribution in [3.05, 3.63) is 42.0 Å². The maximum Gasteiger partial charge on any atom is 0.243 e. The van der Waals surface area contributed by atoms with E-state index in [0.29, 0.717) is 11.4 Å². The van der Waals surface area contributed by atoms with Gasteiger partial charge in [-0.25, -0.2) is 8.42 Å². The summed E-state index contributed by atoms with van der Waals surface area (Å²) < 4.78 is 27.7. The molecular formula is C18H23NO2S. The third kappa shape index (κ3) is 2.77. The molecule has 0 saturated carbocycles. The highest BCUT2D eigenvalue weighted by Crippen LogP contribution is 2.28. The van der Waals surface area contributed by atoms with E-state index < -0.39 is 10.0 Å². The van der Waals surface area contributed by atoms with Crippen LogP contribution in [-0.4, -0.2) is 25.3 Å². The summed E-state index contributed by atoms with van der Waals surface area (Å²) in [6.45, 7) is 4.76. The second-order valence-electron chi connectivity index (χ2n) is 6.19. The van der Waals surface area contributed by atoms with E-state index in [2.05, 4.69) is 13.0 Å². The summed E-state index contributed by atoms with van der Waals surface area (Å²) >= 11 is 0. The smallest absolute Gasteiger partial charge is 0.207 e. The lowest BCUT2D eigenvalue weighted by Crippen LogP contribution is -2.43. The van der Waals surface area contributed by atoms with Gasteiger partial charge < -0.3 is 0 Å². The molecule has 2 aromatic carbocycles.